The average molecular weight is 303 g/mol. The van der Waals surface area contributed by atoms with E-state index in [9.17, 15) is 19.2 Å². The highest BCUT2D eigenvalue weighted by atomic mass is 16.7. The molecule has 11 nitrogen and oxygen atoms in total. The molecule has 0 aromatic carbocycles. The molecule has 0 aliphatic heterocycles. The van der Waals surface area contributed by atoms with Gasteiger partial charge in [-0.1, -0.05) is 10.3 Å². The first-order valence-electron chi connectivity index (χ1n) is 5.49. The molecule has 0 spiro atoms. The quantitative estimate of drug-likeness (QED) is 0.331. The molecule has 11 heteroatoms. The molecule has 0 radical (unpaired) electrons. The number of allylic oxidation sites excluding steroid dienone is 1. The van der Waals surface area contributed by atoms with Crippen LogP contribution in [0.1, 0.15) is 20.8 Å². The van der Waals surface area contributed by atoms with Crippen LogP contribution in [-0.4, -0.2) is 35.6 Å². The Morgan fingerprint density at radius 1 is 1.10 bits per heavy atom. The summed E-state index contributed by atoms with van der Waals surface area (Å²) < 4.78 is -0.757. The summed E-state index contributed by atoms with van der Waals surface area (Å²) in [6.07, 6.45) is -3.88. The van der Waals surface area contributed by atoms with Crippen LogP contribution < -0.4 is 21.9 Å². The van der Waals surface area contributed by atoms with Crippen molar-refractivity contribution in [3.05, 3.63) is 42.6 Å². The van der Waals surface area contributed by atoms with E-state index in [0.29, 0.717) is 5.57 Å². The van der Waals surface area contributed by atoms with Crippen molar-refractivity contribution in [2.75, 3.05) is 0 Å². The number of hydrogen-bond acceptors (Lipinski definition) is 8. The molecule has 1 aromatic rings. The van der Waals surface area contributed by atoms with E-state index in [1.165, 1.54) is 11.9 Å². The minimum absolute atomic E-state index is 0.0855. The molecule has 0 unspecified atom stereocenters. The van der Waals surface area contributed by atoms with Gasteiger partial charge in [-0.3, -0.25) is 4.98 Å². The maximum atomic E-state index is 11.7. The van der Waals surface area contributed by atoms with Crippen molar-refractivity contribution in [3.63, 3.8) is 0 Å². The smallest absolute Gasteiger partial charge is 0.325 e. The number of hydrogen-bond donors (Lipinski definition) is 4. The van der Waals surface area contributed by atoms with E-state index in [1.807, 2.05) is 0 Å². The third-order valence-corrected chi connectivity index (χ3v) is 2.50. The molecule has 0 saturated heterocycles. The number of rotatable bonds is 3. The number of aromatic nitrogens is 3. The minimum Gasteiger partial charge on any atom is -0.325 e. The van der Waals surface area contributed by atoms with Gasteiger partial charge in [0.25, 0.3) is 0 Å². The van der Waals surface area contributed by atoms with E-state index in [4.69, 9.17) is 15.3 Å². The third-order valence-electron chi connectivity index (χ3n) is 2.50. The van der Waals surface area contributed by atoms with Gasteiger partial charge in [0.05, 0.1) is 0 Å². The maximum Gasteiger partial charge on any atom is 0.381 e. The summed E-state index contributed by atoms with van der Waals surface area (Å²) in [5.74, 6) is -1.08. The molecule has 0 bridgehead atoms. The van der Waals surface area contributed by atoms with Crippen molar-refractivity contribution in [2.45, 2.75) is 26.9 Å². The fraction of sp³-hybridized carbons (Fsp3) is 0.400. The zero-order valence-corrected chi connectivity index (χ0v) is 11.3. The van der Waals surface area contributed by atoms with Gasteiger partial charge in [-0.05, 0) is 20.8 Å². The van der Waals surface area contributed by atoms with E-state index in [2.05, 4.69) is 4.84 Å². The summed E-state index contributed by atoms with van der Waals surface area (Å²) in [6, 6.07) is 0. The molecule has 1 aromatic heterocycles. The second-order valence-electron chi connectivity index (χ2n) is 4.25. The molecular formula is C10H13N3O8. The zero-order chi connectivity index (χ0) is 16.5. The van der Waals surface area contributed by atoms with Gasteiger partial charge in [-0.15, -0.1) is 0 Å². The van der Waals surface area contributed by atoms with Crippen molar-refractivity contribution in [1.29, 1.82) is 0 Å². The molecule has 0 aliphatic carbocycles. The highest BCUT2D eigenvalue weighted by molar-refractivity contribution is 5.88. The van der Waals surface area contributed by atoms with Crippen LogP contribution in [0, 0.1) is 0 Å². The van der Waals surface area contributed by atoms with Crippen molar-refractivity contribution in [2.24, 2.45) is 0 Å². The lowest BCUT2D eigenvalue weighted by Crippen LogP contribution is -2.58. The predicted molar refractivity (Wildman–Crippen MR) is 65.8 cm³/mol. The Bertz CT molecular complexity index is 769. The minimum atomic E-state index is -3.88. The first-order valence-corrected chi connectivity index (χ1v) is 5.49. The Morgan fingerprint density at radius 3 is 2.05 bits per heavy atom. The van der Waals surface area contributed by atoms with Crippen molar-refractivity contribution in [3.8, 4) is 0 Å². The Balaban J connectivity index is 3.51. The van der Waals surface area contributed by atoms with E-state index in [0.717, 1.165) is 0 Å². The van der Waals surface area contributed by atoms with Crippen molar-refractivity contribution in [1.82, 2.24) is 14.3 Å². The molecule has 0 fully saturated rings. The Labute approximate surface area is 115 Å². The molecule has 1 rings (SSSR count). The number of carbonyl (C=O) groups is 1. The molecular weight excluding hydrogens is 290 g/mol. The standard InChI is InChI=1S/C10H13N3O8/c1-4(2)5(3)6(14)21-13-8(16)11-7(15)12(9(13)17)10(18,19)20/h18-20H,1-3H3,(H,11,15,16). The monoisotopic (exact) mass is 303 g/mol. The fourth-order valence-corrected chi connectivity index (χ4v) is 1.16. The molecule has 0 amide bonds. The number of aromatic amines is 1. The van der Waals surface area contributed by atoms with Gasteiger partial charge in [0, 0.05) is 5.57 Å². The first-order chi connectivity index (χ1) is 9.46. The Kier molecular flexibility index (Phi) is 4.32. The van der Waals surface area contributed by atoms with Crippen LogP contribution in [-0.2, 0) is 10.9 Å². The van der Waals surface area contributed by atoms with Crippen LogP contribution in [0.3, 0.4) is 0 Å². The molecule has 0 aliphatic rings. The molecule has 116 valence electrons. The number of nitrogens with one attached hydrogen (secondary N) is 1. The van der Waals surface area contributed by atoms with Crippen molar-refractivity contribution >= 4 is 5.97 Å². The number of H-pyrrole nitrogens is 1. The Morgan fingerprint density at radius 2 is 1.62 bits per heavy atom. The maximum absolute atomic E-state index is 11.7. The summed E-state index contributed by atoms with van der Waals surface area (Å²) in [5, 5.41) is 26.7. The van der Waals surface area contributed by atoms with Gasteiger partial charge in [0.15, 0.2) is 0 Å². The topological polar surface area (TPSA) is 164 Å². The molecule has 21 heavy (non-hydrogen) atoms. The van der Waals surface area contributed by atoms with Gasteiger partial charge in [-0.2, -0.15) is 4.57 Å². The summed E-state index contributed by atoms with van der Waals surface area (Å²) in [4.78, 5) is 52.0. The summed E-state index contributed by atoms with van der Waals surface area (Å²) in [7, 11) is 0. The van der Waals surface area contributed by atoms with Crippen molar-refractivity contribution < 1.29 is 25.0 Å². The van der Waals surface area contributed by atoms with Crippen LogP contribution in [0.2, 0.25) is 0 Å². The normalized spacial score (nSPS) is 11.1. The summed E-state index contributed by atoms with van der Waals surface area (Å²) in [6.45, 7) is 4.51. The van der Waals surface area contributed by atoms with Crippen LogP contribution in [0.15, 0.2) is 25.5 Å². The lowest BCUT2D eigenvalue weighted by Gasteiger charge is -2.16. The lowest BCUT2D eigenvalue weighted by molar-refractivity contribution is -0.379. The molecule has 0 atom stereocenters. The lowest BCUT2D eigenvalue weighted by atomic mass is 10.2. The van der Waals surface area contributed by atoms with E-state index >= 15 is 0 Å². The van der Waals surface area contributed by atoms with Gasteiger partial charge in [0.2, 0.25) is 0 Å². The predicted octanol–water partition coefficient (Wildman–Crippen LogP) is -3.45. The van der Waals surface area contributed by atoms with E-state index in [-0.39, 0.29) is 10.3 Å². The fourth-order valence-electron chi connectivity index (χ4n) is 1.16. The van der Waals surface area contributed by atoms with Gasteiger partial charge >= 0.3 is 29.1 Å². The molecule has 1 heterocycles. The SMILES string of the molecule is CC(C)=C(C)C(=O)On1c(=O)[nH]c(=O)n(C(O)(O)O)c1=O. The van der Waals surface area contributed by atoms with Crippen LogP contribution in [0.4, 0.5) is 0 Å². The number of nitrogens with zero attached hydrogens (tertiary/aromatic N) is 2. The molecule has 4 N–H and O–H groups in total. The number of carbonyl (C=O) groups excluding carboxylic acids is 1. The Hall–Kier alpha value is -2.50. The van der Waals surface area contributed by atoms with Gasteiger partial charge < -0.3 is 20.2 Å². The highest BCUT2D eigenvalue weighted by Gasteiger charge is 2.29. The second kappa shape index (κ2) is 5.47. The summed E-state index contributed by atoms with van der Waals surface area (Å²) >= 11 is 0. The zero-order valence-electron chi connectivity index (χ0n) is 11.3. The first kappa shape index (κ1) is 16.6. The van der Waals surface area contributed by atoms with Crippen LogP contribution in [0.25, 0.3) is 0 Å². The van der Waals surface area contributed by atoms with Gasteiger partial charge in [0.1, 0.15) is 0 Å². The highest BCUT2D eigenvalue weighted by Crippen LogP contribution is 2.01. The van der Waals surface area contributed by atoms with Crippen LogP contribution in [0.5, 0.6) is 0 Å². The van der Waals surface area contributed by atoms with Crippen LogP contribution >= 0.6 is 0 Å². The molecule has 0 saturated carbocycles. The van der Waals surface area contributed by atoms with E-state index < -0.39 is 33.7 Å². The number of aliphatic hydroxyl groups is 3. The van der Waals surface area contributed by atoms with E-state index in [1.54, 1.807) is 13.8 Å². The third kappa shape index (κ3) is 3.34. The largest absolute Gasteiger partial charge is 0.381 e. The summed E-state index contributed by atoms with van der Waals surface area (Å²) in [5.41, 5.74) is -4.17. The van der Waals surface area contributed by atoms with Gasteiger partial charge in [-0.25, -0.2) is 19.2 Å². The average Bonchev–Trinajstić information content (AvgIpc) is 2.30. The second-order valence-corrected chi connectivity index (χ2v) is 4.25.